The molecule has 1 aromatic rings. The molecule has 0 aromatic carbocycles. The zero-order valence-electron chi connectivity index (χ0n) is 17.8. The minimum absolute atomic E-state index is 0.0402. The highest BCUT2D eigenvalue weighted by Crippen LogP contribution is 2.44. The average molecular weight is 438 g/mol. The van der Waals surface area contributed by atoms with Crippen LogP contribution < -0.4 is 0 Å². The summed E-state index contributed by atoms with van der Waals surface area (Å²) in [7, 11) is 0. The first-order valence-electron chi connectivity index (χ1n) is 11.5. The van der Waals surface area contributed by atoms with Gasteiger partial charge < -0.3 is 0 Å². The fraction of sp³-hybridized carbons (Fsp3) is 0.818. The third kappa shape index (κ3) is 5.28. The number of ketones is 1. The van der Waals surface area contributed by atoms with Gasteiger partial charge in [0.1, 0.15) is 5.78 Å². The van der Waals surface area contributed by atoms with Gasteiger partial charge in [0, 0.05) is 24.8 Å². The monoisotopic (exact) mass is 437 g/mol. The first-order chi connectivity index (χ1) is 14.8. The van der Waals surface area contributed by atoms with Crippen molar-refractivity contribution in [2.75, 3.05) is 19.6 Å². The maximum atomic E-state index is 13.2. The van der Waals surface area contributed by atoms with Crippen LogP contribution >= 0.6 is 0 Å². The Morgan fingerprint density at radius 2 is 1.97 bits per heavy atom. The van der Waals surface area contributed by atoms with E-state index in [0.717, 1.165) is 44.2 Å². The number of halogens is 3. The molecular formula is C22H30F3N5O. The van der Waals surface area contributed by atoms with E-state index in [1.54, 1.807) is 4.68 Å². The number of likely N-dealkylation sites (tertiary alicyclic amines) is 1. The molecule has 0 N–H and O–H groups in total. The molecule has 0 radical (unpaired) electrons. The van der Waals surface area contributed by atoms with Crippen LogP contribution in [0.15, 0.2) is 6.20 Å². The van der Waals surface area contributed by atoms with Gasteiger partial charge in [0.2, 0.25) is 0 Å². The number of Topliss-reactive ketones (excluding diaryl/α,β-unsaturated/α-hetero) is 1. The van der Waals surface area contributed by atoms with Crippen molar-refractivity contribution in [1.82, 2.24) is 19.9 Å². The van der Waals surface area contributed by atoms with Crippen molar-refractivity contribution in [3.8, 4) is 6.07 Å². The summed E-state index contributed by atoms with van der Waals surface area (Å²) >= 11 is 0. The summed E-state index contributed by atoms with van der Waals surface area (Å²) in [5.74, 6) is -0.0615. The lowest BCUT2D eigenvalue weighted by atomic mass is 9.75. The molecule has 2 aliphatic carbocycles. The van der Waals surface area contributed by atoms with E-state index in [4.69, 9.17) is 0 Å². The SMILES string of the molecule is N#CC1(n2cc([C@@H](CC(=O)C3CCCN(CC(F)(F)F)C3)C3CCCCC3)nn2)CC1. The van der Waals surface area contributed by atoms with E-state index < -0.39 is 18.3 Å². The lowest BCUT2D eigenvalue weighted by Crippen LogP contribution is -2.43. The first-order valence-corrected chi connectivity index (χ1v) is 11.5. The topological polar surface area (TPSA) is 74.8 Å². The van der Waals surface area contributed by atoms with Gasteiger partial charge in [0.15, 0.2) is 5.54 Å². The summed E-state index contributed by atoms with van der Waals surface area (Å²) in [5.41, 5.74) is 0.165. The second-order valence-corrected chi connectivity index (χ2v) is 9.60. The molecule has 1 unspecified atom stereocenters. The molecule has 2 atom stereocenters. The Balaban J connectivity index is 1.47. The number of piperidine rings is 1. The number of hydrogen-bond donors (Lipinski definition) is 0. The number of aromatic nitrogens is 3. The van der Waals surface area contributed by atoms with Crippen molar-refractivity contribution in [2.45, 2.75) is 81.8 Å². The summed E-state index contributed by atoms with van der Waals surface area (Å²) in [4.78, 5) is 14.6. The van der Waals surface area contributed by atoms with Crippen LogP contribution in [0.3, 0.4) is 0 Å². The van der Waals surface area contributed by atoms with Gasteiger partial charge in [-0.05, 0) is 51.0 Å². The summed E-state index contributed by atoms with van der Waals surface area (Å²) in [5, 5.41) is 18.0. The lowest BCUT2D eigenvalue weighted by Gasteiger charge is -2.34. The highest BCUT2D eigenvalue weighted by atomic mass is 19.4. The summed E-state index contributed by atoms with van der Waals surface area (Å²) < 4.78 is 40.1. The van der Waals surface area contributed by atoms with Gasteiger partial charge in [-0.25, -0.2) is 4.68 Å². The average Bonchev–Trinajstić information content (AvgIpc) is 3.40. The van der Waals surface area contributed by atoms with Crippen molar-refractivity contribution in [1.29, 1.82) is 5.26 Å². The zero-order chi connectivity index (χ0) is 22.1. The third-order valence-corrected chi connectivity index (χ3v) is 7.26. The van der Waals surface area contributed by atoms with Crippen molar-refractivity contribution in [3.05, 3.63) is 11.9 Å². The van der Waals surface area contributed by atoms with E-state index in [1.165, 1.54) is 11.3 Å². The Hall–Kier alpha value is -1.95. The van der Waals surface area contributed by atoms with Gasteiger partial charge in [0.25, 0.3) is 0 Å². The summed E-state index contributed by atoms with van der Waals surface area (Å²) in [6.07, 6.45) is 6.15. The number of rotatable bonds is 7. The Bertz CT molecular complexity index is 820. The van der Waals surface area contributed by atoms with E-state index in [-0.39, 0.29) is 24.2 Å². The Morgan fingerprint density at radius 1 is 1.23 bits per heavy atom. The van der Waals surface area contributed by atoms with Gasteiger partial charge in [0.05, 0.1) is 24.5 Å². The fourth-order valence-electron chi connectivity index (χ4n) is 5.31. The molecule has 1 saturated heterocycles. The summed E-state index contributed by atoms with van der Waals surface area (Å²) in [6.45, 7) is -0.382. The highest BCUT2D eigenvalue weighted by molar-refractivity contribution is 5.82. The van der Waals surface area contributed by atoms with Crippen molar-refractivity contribution >= 4 is 5.78 Å². The molecule has 3 fully saturated rings. The standard InChI is InChI=1S/C22H30F3N5O/c23-22(24,25)15-29-10-4-7-17(12-29)20(31)11-18(16-5-2-1-3-6-16)19-13-30(28-27-19)21(14-26)8-9-21/h13,16-18H,1-12,15H2/t17?,18-/m0/s1. The number of hydrogen-bond acceptors (Lipinski definition) is 5. The van der Waals surface area contributed by atoms with Crippen molar-refractivity contribution in [3.63, 3.8) is 0 Å². The molecule has 2 heterocycles. The van der Waals surface area contributed by atoms with Gasteiger partial charge in [-0.3, -0.25) is 9.69 Å². The molecular weight excluding hydrogens is 407 g/mol. The van der Waals surface area contributed by atoms with Crippen LogP contribution in [0.1, 0.15) is 75.8 Å². The Labute approximate surface area is 180 Å². The molecule has 3 aliphatic rings. The van der Waals surface area contributed by atoms with Gasteiger partial charge in [-0.15, -0.1) is 5.10 Å². The number of nitriles is 1. The van der Waals surface area contributed by atoms with E-state index in [0.29, 0.717) is 31.7 Å². The van der Waals surface area contributed by atoms with Crippen LogP contribution in [0.4, 0.5) is 13.2 Å². The minimum atomic E-state index is -4.24. The second-order valence-electron chi connectivity index (χ2n) is 9.60. The molecule has 1 aromatic heterocycles. The molecule has 4 rings (SSSR count). The molecule has 170 valence electrons. The number of nitrogens with zero attached hydrogens (tertiary/aromatic N) is 5. The summed E-state index contributed by atoms with van der Waals surface area (Å²) in [6, 6.07) is 2.31. The predicted molar refractivity (Wildman–Crippen MR) is 107 cm³/mol. The van der Waals surface area contributed by atoms with E-state index in [2.05, 4.69) is 16.4 Å². The molecule has 0 amide bonds. The third-order valence-electron chi connectivity index (χ3n) is 7.26. The van der Waals surface area contributed by atoms with Crippen molar-refractivity contribution < 1.29 is 18.0 Å². The van der Waals surface area contributed by atoms with Gasteiger partial charge >= 0.3 is 6.18 Å². The van der Waals surface area contributed by atoms with Crippen LogP contribution in [-0.4, -0.2) is 51.5 Å². The smallest absolute Gasteiger partial charge is 0.299 e. The van der Waals surface area contributed by atoms with E-state index in [9.17, 15) is 23.2 Å². The molecule has 9 heteroatoms. The molecule has 0 bridgehead atoms. The van der Waals surface area contributed by atoms with Gasteiger partial charge in [-0.2, -0.15) is 18.4 Å². The largest absolute Gasteiger partial charge is 0.401 e. The van der Waals surface area contributed by atoms with E-state index >= 15 is 0 Å². The molecule has 31 heavy (non-hydrogen) atoms. The van der Waals surface area contributed by atoms with Crippen molar-refractivity contribution in [2.24, 2.45) is 11.8 Å². The predicted octanol–water partition coefficient (Wildman–Crippen LogP) is 4.19. The number of alkyl halides is 3. The number of carbonyl (C=O) groups is 1. The zero-order valence-corrected chi connectivity index (χ0v) is 17.8. The maximum absolute atomic E-state index is 13.2. The van der Waals surface area contributed by atoms with Crippen LogP contribution in [0.5, 0.6) is 0 Å². The second kappa shape index (κ2) is 8.89. The molecule has 2 saturated carbocycles. The molecule has 6 nitrogen and oxygen atoms in total. The minimum Gasteiger partial charge on any atom is -0.299 e. The molecule has 0 spiro atoms. The normalized spacial score (nSPS) is 25.7. The first kappa shape index (κ1) is 22.3. The van der Waals surface area contributed by atoms with Crippen LogP contribution in [0.25, 0.3) is 0 Å². The van der Waals surface area contributed by atoms with Gasteiger partial charge in [-0.1, -0.05) is 24.5 Å². The maximum Gasteiger partial charge on any atom is 0.401 e. The lowest BCUT2D eigenvalue weighted by molar-refractivity contribution is -0.151. The van der Waals surface area contributed by atoms with E-state index in [1.807, 2.05) is 6.20 Å². The molecule has 1 aliphatic heterocycles. The van der Waals surface area contributed by atoms with Crippen LogP contribution in [0.2, 0.25) is 0 Å². The Morgan fingerprint density at radius 3 is 2.61 bits per heavy atom. The Kier molecular flexibility index (Phi) is 6.38. The van der Waals surface area contributed by atoms with Crippen LogP contribution in [-0.2, 0) is 10.3 Å². The fourth-order valence-corrected chi connectivity index (χ4v) is 5.31. The number of carbonyl (C=O) groups excluding carboxylic acids is 1. The highest BCUT2D eigenvalue weighted by Gasteiger charge is 2.47. The van der Waals surface area contributed by atoms with Crippen LogP contribution in [0, 0.1) is 23.2 Å². The quantitative estimate of drug-likeness (QED) is 0.640.